The molecule has 0 unspecified atom stereocenters. The Hall–Kier alpha value is -2.74. The predicted octanol–water partition coefficient (Wildman–Crippen LogP) is 2.57. The van der Waals surface area contributed by atoms with Crippen LogP contribution in [0.1, 0.15) is 17.9 Å². The van der Waals surface area contributed by atoms with E-state index in [0.717, 1.165) is 22.6 Å². The lowest BCUT2D eigenvalue weighted by Crippen LogP contribution is -2.13. The Morgan fingerprint density at radius 3 is 2.73 bits per heavy atom. The second kappa shape index (κ2) is 5.91. The molecule has 1 aliphatic rings. The number of fused-ring (bicyclic) bond motifs is 3. The summed E-state index contributed by atoms with van der Waals surface area (Å²) in [6.07, 6.45) is 1.52. The molecule has 1 aromatic heterocycles. The van der Waals surface area contributed by atoms with Gasteiger partial charge >= 0.3 is 0 Å². The van der Waals surface area contributed by atoms with Crippen LogP contribution in [0.25, 0.3) is 21.9 Å². The maximum atomic E-state index is 11.7. The van der Waals surface area contributed by atoms with Gasteiger partial charge in [-0.15, -0.1) is 0 Å². The maximum absolute atomic E-state index is 11.7. The second-order valence-corrected chi connectivity index (χ2v) is 8.20. The van der Waals surface area contributed by atoms with Gasteiger partial charge in [0.25, 0.3) is 0 Å². The lowest BCUT2D eigenvalue weighted by molar-refractivity contribution is -0.119. The summed E-state index contributed by atoms with van der Waals surface area (Å²) in [6, 6.07) is 8.90. The van der Waals surface area contributed by atoms with Crippen molar-refractivity contribution in [1.82, 2.24) is 5.32 Å². The molecule has 0 saturated carbocycles. The first kappa shape index (κ1) is 16.7. The zero-order chi connectivity index (χ0) is 18.5. The van der Waals surface area contributed by atoms with Gasteiger partial charge in [0, 0.05) is 35.3 Å². The number of ether oxygens (including phenoxy) is 1. The molecule has 8 heteroatoms. The van der Waals surface area contributed by atoms with Crippen molar-refractivity contribution in [3.63, 3.8) is 0 Å². The van der Waals surface area contributed by atoms with Gasteiger partial charge < -0.3 is 14.5 Å². The molecule has 2 aromatic carbocycles. The molecule has 0 aliphatic carbocycles. The van der Waals surface area contributed by atoms with Crippen molar-refractivity contribution in [2.24, 2.45) is 0 Å². The minimum absolute atomic E-state index is 0.0196. The summed E-state index contributed by atoms with van der Waals surface area (Å²) in [5, 5.41) is 4.48. The van der Waals surface area contributed by atoms with Gasteiger partial charge in [-0.25, -0.2) is 8.42 Å². The van der Waals surface area contributed by atoms with E-state index in [2.05, 4.69) is 10.0 Å². The highest BCUT2D eigenvalue weighted by molar-refractivity contribution is 7.92. The first-order valence-corrected chi connectivity index (χ1v) is 10.0. The van der Waals surface area contributed by atoms with E-state index >= 15 is 0 Å². The summed E-state index contributed by atoms with van der Waals surface area (Å²) in [7, 11) is -1.82. The number of furan rings is 1. The summed E-state index contributed by atoms with van der Waals surface area (Å²) in [4.78, 5) is 11.7. The lowest BCUT2D eigenvalue weighted by Gasteiger charge is -2.11. The molecule has 2 N–H and O–H groups in total. The summed E-state index contributed by atoms with van der Waals surface area (Å²) in [6.45, 7) is 0.564. The van der Waals surface area contributed by atoms with Crippen LogP contribution in [-0.2, 0) is 14.8 Å². The summed E-state index contributed by atoms with van der Waals surface area (Å²) in [5.74, 6) is 0.643. The Kier molecular flexibility index (Phi) is 3.80. The molecular formula is C18H18N2O5S. The van der Waals surface area contributed by atoms with Gasteiger partial charge in [0.1, 0.15) is 5.58 Å². The molecule has 1 fully saturated rings. The van der Waals surface area contributed by atoms with Crippen LogP contribution in [0.2, 0.25) is 0 Å². The molecular weight excluding hydrogens is 356 g/mol. The van der Waals surface area contributed by atoms with Crippen molar-refractivity contribution < 1.29 is 22.4 Å². The quantitative estimate of drug-likeness (QED) is 0.731. The number of sulfonamides is 1. The molecule has 4 rings (SSSR count). The van der Waals surface area contributed by atoms with Crippen molar-refractivity contribution >= 4 is 43.6 Å². The van der Waals surface area contributed by atoms with Crippen LogP contribution >= 0.6 is 0 Å². The Labute approximate surface area is 150 Å². The molecule has 26 heavy (non-hydrogen) atoms. The van der Waals surface area contributed by atoms with E-state index in [1.165, 1.54) is 0 Å². The van der Waals surface area contributed by atoms with Crippen LogP contribution in [0.15, 0.2) is 34.7 Å². The molecule has 0 bridgehead atoms. The molecule has 1 atom stereocenters. The highest BCUT2D eigenvalue weighted by Crippen LogP contribution is 2.41. The van der Waals surface area contributed by atoms with E-state index in [4.69, 9.17) is 9.15 Å². The van der Waals surface area contributed by atoms with Crippen molar-refractivity contribution in [1.29, 1.82) is 0 Å². The zero-order valence-corrected chi connectivity index (χ0v) is 15.1. The SMILES string of the molecule is COc1ccc([C@@H]2CNC(=O)C2)c2c1oc1ccc(NS(C)(=O)=O)cc12. The minimum Gasteiger partial charge on any atom is -0.493 e. The second-order valence-electron chi connectivity index (χ2n) is 6.45. The summed E-state index contributed by atoms with van der Waals surface area (Å²) in [5.41, 5.74) is 2.66. The van der Waals surface area contributed by atoms with Gasteiger partial charge in [0.2, 0.25) is 15.9 Å². The standard InChI is InChI=1S/C18H18N2O5S/c1-24-15-6-4-12(10-7-16(21)19-9-10)17-13-8-11(20-26(2,22)23)3-5-14(13)25-18(15)17/h3-6,8,10,20H,7,9H2,1-2H3,(H,19,21)/t10-/m0/s1. The number of rotatable bonds is 4. The fourth-order valence-corrected chi connectivity index (χ4v) is 4.04. The van der Waals surface area contributed by atoms with Gasteiger partial charge in [-0.3, -0.25) is 9.52 Å². The first-order chi connectivity index (χ1) is 12.4. The zero-order valence-electron chi connectivity index (χ0n) is 14.3. The van der Waals surface area contributed by atoms with Crippen LogP contribution in [-0.4, -0.2) is 34.2 Å². The number of carbonyl (C=O) groups is 1. The Balaban J connectivity index is 1.98. The van der Waals surface area contributed by atoms with E-state index in [1.807, 2.05) is 12.1 Å². The summed E-state index contributed by atoms with van der Waals surface area (Å²) < 4.78 is 37.0. The van der Waals surface area contributed by atoms with E-state index in [9.17, 15) is 13.2 Å². The van der Waals surface area contributed by atoms with Gasteiger partial charge in [0.15, 0.2) is 11.3 Å². The van der Waals surface area contributed by atoms with Crippen LogP contribution in [0, 0.1) is 0 Å². The average Bonchev–Trinajstić information content (AvgIpc) is 3.16. The number of amides is 1. The molecule has 0 radical (unpaired) electrons. The number of hydrogen-bond donors (Lipinski definition) is 2. The molecule has 2 heterocycles. The fourth-order valence-electron chi connectivity index (χ4n) is 3.49. The predicted molar refractivity (Wildman–Crippen MR) is 99.1 cm³/mol. The topological polar surface area (TPSA) is 97.6 Å². The van der Waals surface area contributed by atoms with Gasteiger partial charge in [0.05, 0.1) is 13.4 Å². The Morgan fingerprint density at radius 1 is 1.27 bits per heavy atom. The third-order valence-corrected chi connectivity index (χ3v) is 5.16. The van der Waals surface area contributed by atoms with Crippen LogP contribution in [0.4, 0.5) is 5.69 Å². The maximum Gasteiger partial charge on any atom is 0.229 e. The van der Waals surface area contributed by atoms with Crippen LogP contribution in [0.3, 0.4) is 0 Å². The number of hydrogen-bond acceptors (Lipinski definition) is 5. The smallest absolute Gasteiger partial charge is 0.229 e. The number of carbonyl (C=O) groups excluding carboxylic acids is 1. The molecule has 1 saturated heterocycles. The lowest BCUT2D eigenvalue weighted by atomic mass is 9.93. The van der Waals surface area contributed by atoms with Crippen molar-refractivity contribution in [2.45, 2.75) is 12.3 Å². The number of nitrogens with one attached hydrogen (secondary N) is 2. The molecule has 1 aliphatic heterocycles. The van der Waals surface area contributed by atoms with Crippen LogP contribution < -0.4 is 14.8 Å². The third-order valence-electron chi connectivity index (χ3n) is 4.56. The molecule has 136 valence electrons. The van der Waals surface area contributed by atoms with Gasteiger partial charge in [-0.05, 0) is 29.8 Å². The van der Waals surface area contributed by atoms with Gasteiger partial charge in [-0.1, -0.05) is 6.07 Å². The average molecular weight is 374 g/mol. The molecule has 0 spiro atoms. The largest absolute Gasteiger partial charge is 0.493 e. The first-order valence-electron chi connectivity index (χ1n) is 8.13. The van der Waals surface area contributed by atoms with Gasteiger partial charge in [-0.2, -0.15) is 0 Å². The molecule has 1 amide bonds. The normalized spacial score (nSPS) is 17.6. The third kappa shape index (κ3) is 2.86. The van der Waals surface area contributed by atoms with Crippen molar-refractivity contribution in [2.75, 3.05) is 24.6 Å². The minimum atomic E-state index is -3.39. The number of anilines is 1. The Morgan fingerprint density at radius 2 is 2.08 bits per heavy atom. The van der Waals surface area contributed by atoms with Crippen molar-refractivity contribution in [3.05, 3.63) is 35.9 Å². The highest BCUT2D eigenvalue weighted by atomic mass is 32.2. The van der Waals surface area contributed by atoms with Crippen LogP contribution in [0.5, 0.6) is 5.75 Å². The fraction of sp³-hybridized carbons (Fsp3) is 0.278. The highest BCUT2D eigenvalue weighted by Gasteiger charge is 2.27. The summed E-state index contributed by atoms with van der Waals surface area (Å²) >= 11 is 0. The van der Waals surface area contributed by atoms with E-state index in [1.54, 1.807) is 25.3 Å². The van der Waals surface area contributed by atoms with E-state index < -0.39 is 10.0 Å². The van der Waals surface area contributed by atoms with E-state index in [-0.39, 0.29) is 11.8 Å². The van der Waals surface area contributed by atoms with E-state index in [0.29, 0.717) is 35.6 Å². The number of benzene rings is 2. The number of methoxy groups -OCH3 is 1. The van der Waals surface area contributed by atoms with Crippen molar-refractivity contribution in [3.8, 4) is 5.75 Å². The monoisotopic (exact) mass is 374 g/mol. The molecule has 7 nitrogen and oxygen atoms in total. The molecule has 3 aromatic rings. The Bertz CT molecular complexity index is 1130.